The molecule has 1 aliphatic heterocycles. The normalized spacial score (nSPS) is 23.1. The average Bonchev–Trinajstić information content (AvgIpc) is 2.29. The molecule has 16 heavy (non-hydrogen) atoms. The lowest BCUT2D eigenvalue weighted by molar-refractivity contribution is -0.0118. The van der Waals surface area contributed by atoms with Crippen molar-refractivity contribution in [3.05, 3.63) is 26.9 Å². The average molecular weight is 351 g/mol. The second-order valence-electron chi connectivity index (χ2n) is 3.94. The molecule has 88 valence electrons. The summed E-state index contributed by atoms with van der Waals surface area (Å²) in [5, 5.41) is 10.2. The monoisotopic (exact) mass is 349 g/mol. The second kappa shape index (κ2) is 5.58. The summed E-state index contributed by atoms with van der Waals surface area (Å²) in [5.41, 5.74) is 0.693. The number of aliphatic hydroxyl groups is 1. The van der Waals surface area contributed by atoms with Gasteiger partial charge in [-0.2, -0.15) is 0 Å². The highest BCUT2D eigenvalue weighted by molar-refractivity contribution is 9.11. The van der Waals surface area contributed by atoms with Crippen molar-refractivity contribution in [3.8, 4) is 0 Å². The molecule has 0 aliphatic carbocycles. The van der Waals surface area contributed by atoms with Gasteiger partial charge in [-0.05, 0) is 50.8 Å². The fourth-order valence-electron chi connectivity index (χ4n) is 1.88. The summed E-state index contributed by atoms with van der Waals surface area (Å²) in [5.74, 6) is 0.152. The third-order valence-electron chi connectivity index (χ3n) is 2.76. The summed E-state index contributed by atoms with van der Waals surface area (Å²) >= 11 is 6.76. The van der Waals surface area contributed by atoms with Crippen molar-refractivity contribution >= 4 is 31.9 Å². The van der Waals surface area contributed by atoms with E-state index in [4.69, 9.17) is 4.74 Å². The summed E-state index contributed by atoms with van der Waals surface area (Å²) in [6, 6.07) is 1.90. The molecular weight excluding hydrogens is 338 g/mol. The molecule has 0 aromatic carbocycles. The van der Waals surface area contributed by atoms with E-state index < -0.39 is 6.10 Å². The van der Waals surface area contributed by atoms with Gasteiger partial charge in [0.1, 0.15) is 6.10 Å². The molecule has 2 rings (SSSR count). The number of halogens is 2. The van der Waals surface area contributed by atoms with E-state index in [2.05, 4.69) is 36.8 Å². The molecule has 0 amide bonds. The van der Waals surface area contributed by atoms with Crippen LogP contribution in [0.5, 0.6) is 0 Å². The molecule has 5 heteroatoms. The Bertz CT molecular complexity index is 367. The zero-order valence-corrected chi connectivity index (χ0v) is 11.9. The molecule has 1 aliphatic rings. The van der Waals surface area contributed by atoms with Gasteiger partial charge in [0, 0.05) is 27.7 Å². The van der Waals surface area contributed by atoms with Crippen molar-refractivity contribution in [2.75, 3.05) is 13.2 Å². The van der Waals surface area contributed by atoms with Crippen LogP contribution in [0, 0.1) is 5.92 Å². The van der Waals surface area contributed by atoms with Crippen molar-refractivity contribution in [2.45, 2.75) is 18.9 Å². The van der Waals surface area contributed by atoms with Crippen molar-refractivity contribution in [3.63, 3.8) is 0 Å². The number of aliphatic hydroxyl groups excluding tert-OH is 1. The molecule has 1 N–H and O–H groups in total. The van der Waals surface area contributed by atoms with Crippen LogP contribution in [0.4, 0.5) is 0 Å². The Morgan fingerprint density at radius 1 is 1.50 bits per heavy atom. The van der Waals surface area contributed by atoms with Crippen LogP contribution in [-0.4, -0.2) is 23.3 Å². The van der Waals surface area contributed by atoms with Crippen LogP contribution in [0.1, 0.15) is 24.6 Å². The van der Waals surface area contributed by atoms with Gasteiger partial charge < -0.3 is 9.84 Å². The quantitative estimate of drug-likeness (QED) is 0.891. The fourth-order valence-corrected chi connectivity index (χ4v) is 3.10. The molecule has 1 aromatic heterocycles. The number of rotatable bonds is 2. The summed E-state index contributed by atoms with van der Waals surface area (Å²) in [6.07, 6.45) is 3.15. The molecule has 1 aromatic rings. The van der Waals surface area contributed by atoms with Gasteiger partial charge in [0.2, 0.25) is 0 Å². The van der Waals surface area contributed by atoms with Crippen LogP contribution in [-0.2, 0) is 4.74 Å². The van der Waals surface area contributed by atoms with Gasteiger partial charge in [-0.25, -0.2) is 0 Å². The number of nitrogens with zero attached hydrogens (tertiary/aromatic N) is 1. The smallest absolute Gasteiger partial charge is 0.102 e. The first-order valence-electron chi connectivity index (χ1n) is 5.25. The highest BCUT2D eigenvalue weighted by Crippen LogP contribution is 2.32. The molecule has 3 nitrogen and oxygen atoms in total. The van der Waals surface area contributed by atoms with Crippen molar-refractivity contribution in [1.82, 2.24) is 4.98 Å². The number of aromatic nitrogens is 1. The van der Waals surface area contributed by atoms with E-state index in [1.54, 1.807) is 6.20 Å². The molecule has 2 heterocycles. The van der Waals surface area contributed by atoms with Crippen LogP contribution in [0.25, 0.3) is 0 Å². The first-order valence-corrected chi connectivity index (χ1v) is 6.84. The Morgan fingerprint density at radius 2 is 2.31 bits per heavy atom. The lowest BCUT2D eigenvalue weighted by Crippen LogP contribution is -2.24. The first kappa shape index (κ1) is 12.5. The SMILES string of the molecule is OC(c1ncc(Br)cc1Br)C1CCCOC1. The van der Waals surface area contributed by atoms with Gasteiger partial charge in [-0.1, -0.05) is 0 Å². The predicted octanol–water partition coefficient (Wildman–Crippen LogP) is 3.07. The van der Waals surface area contributed by atoms with Crippen molar-refractivity contribution in [2.24, 2.45) is 5.92 Å². The van der Waals surface area contributed by atoms with Crippen LogP contribution < -0.4 is 0 Å². The Kier molecular flexibility index (Phi) is 4.35. The van der Waals surface area contributed by atoms with Gasteiger partial charge in [0.15, 0.2) is 0 Å². The standard InChI is InChI=1S/C11H13Br2NO2/c12-8-4-9(13)10(14-5-8)11(15)7-2-1-3-16-6-7/h4-5,7,11,15H,1-3,6H2. The van der Waals surface area contributed by atoms with Crippen LogP contribution >= 0.6 is 31.9 Å². The highest BCUT2D eigenvalue weighted by atomic mass is 79.9. The fraction of sp³-hybridized carbons (Fsp3) is 0.545. The Morgan fingerprint density at radius 3 is 2.94 bits per heavy atom. The van der Waals surface area contributed by atoms with Gasteiger partial charge in [-0.3, -0.25) is 4.98 Å². The van der Waals surface area contributed by atoms with E-state index >= 15 is 0 Å². The minimum Gasteiger partial charge on any atom is -0.386 e. The van der Waals surface area contributed by atoms with Crippen LogP contribution in [0.15, 0.2) is 21.2 Å². The molecule has 2 unspecified atom stereocenters. The molecule has 2 atom stereocenters. The Balaban J connectivity index is 2.15. The topological polar surface area (TPSA) is 42.4 Å². The molecule has 0 bridgehead atoms. The van der Waals surface area contributed by atoms with Crippen molar-refractivity contribution < 1.29 is 9.84 Å². The maximum absolute atomic E-state index is 10.2. The Hall–Kier alpha value is 0.0300. The number of hydrogen-bond acceptors (Lipinski definition) is 3. The van der Waals surface area contributed by atoms with E-state index in [9.17, 15) is 5.11 Å². The number of ether oxygens (including phenoxy) is 1. The highest BCUT2D eigenvalue weighted by Gasteiger charge is 2.26. The molecule has 0 radical (unpaired) electrons. The van der Waals surface area contributed by atoms with E-state index in [0.29, 0.717) is 12.3 Å². The van der Waals surface area contributed by atoms with Crippen molar-refractivity contribution in [1.29, 1.82) is 0 Å². The molecule has 0 saturated carbocycles. The zero-order valence-electron chi connectivity index (χ0n) is 8.70. The number of hydrogen-bond donors (Lipinski definition) is 1. The van der Waals surface area contributed by atoms with E-state index in [1.807, 2.05) is 6.07 Å². The third-order valence-corrected chi connectivity index (χ3v) is 3.83. The molecule has 0 spiro atoms. The molecular formula is C11H13Br2NO2. The van der Waals surface area contributed by atoms with Gasteiger partial charge in [0.25, 0.3) is 0 Å². The summed E-state index contributed by atoms with van der Waals surface area (Å²) in [7, 11) is 0. The molecule has 1 fully saturated rings. The van der Waals surface area contributed by atoms with Gasteiger partial charge >= 0.3 is 0 Å². The lowest BCUT2D eigenvalue weighted by Gasteiger charge is -2.26. The van der Waals surface area contributed by atoms with E-state index in [-0.39, 0.29) is 5.92 Å². The largest absolute Gasteiger partial charge is 0.386 e. The summed E-state index contributed by atoms with van der Waals surface area (Å²) in [4.78, 5) is 4.25. The lowest BCUT2D eigenvalue weighted by atomic mass is 9.94. The predicted molar refractivity (Wildman–Crippen MR) is 68.1 cm³/mol. The van der Waals surface area contributed by atoms with Crippen LogP contribution in [0.2, 0.25) is 0 Å². The van der Waals surface area contributed by atoms with Crippen LogP contribution in [0.3, 0.4) is 0 Å². The van der Waals surface area contributed by atoms with E-state index in [1.165, 1.54) is 0 Å². The first-order chi connectivity index (χ1) is 7.68. The Labute approximate surface area is 111 Å². The number of pyridine rings is 1. The maximum Gasteiger partial charge on any atom is 0.102 e. The second-order valence-corrected chi connectivity index (χ2v) is 5.71. The minimum atomic E-state index is -0.553. The summed E-state index contributed by atoms with van der Waals surface area (Å²) < 4.78 is 7.11. The minimum absolute atomic E-state index is 0.152. The summed E-state index contributed by atoms with van der Waals surface area (Å²) in [6.45, 7) is 1.42. The molecule has 1 saturated heterocycles. The third kappa shape index (κ3) is 2.83. The maximum atomic E-state index is 10.2. The zero-order chi connectivity index (χ0) is 11.5. The van der Waals surface area contributed by atoms with E-state index in [0.717, 1.165) is 28.4 Å². The van der Waals surface area contributed by atoms with Gasteiger partial charge in [0.05, 0.1) is 12.3 Å². The van der Waals surface area contributed by atoms with Gasteiger partial charge in [-0.15, -0.1) is 0 Å².